The standard InChI is InChI=1S/C13H12F3NO2/c14-13(15,16)11-5-3-9(4-6-11)12-10(2-1-7-18)8-17-19-12/h3-6,8,18H,1-2,7H2. The van der Waals surface area contributed by atoms with Gasteiger partial charge in [0, 0.05) is 17.7 Å². The molecule has 0 radical (unpaired) electrons. The number of hydrogen-bond acceptors (Lipinski definition) is 3. The van der Waals surface area contributed by atoms with E-state index in [0.717, 1.165) is 17.7 Å². The number of halogens is 3. The second-order valence-corrected chi connectivity index (χ2v) is 4.08. The summed E-state index contributed by atoms with van der Waals surface area (Å²) in [5, 5.41) is 12.4. The molecule has 1 heterocycles. The number of hydrogen-bond donors (Lipinski definition) is 1. The van der Waals surface area contributed by atoms with Gasteiger partial charge in [-0.25, -0.2) is 0 Å². The van der Waals surface area contributed by atoms with Gasteiger partial charge in [-0.2, -0.15) is 13.2 Å². The van der Waals surface area contributed by atoms with E-state index < -0.39 is 11.7 Å². The van der Waals surface area contributed by atoms with Crippen LogP contribution in [-0.4, -0.2) is 16.9 Å². The number of rotatable bonds is 4. The number of aliphatic hydroxyl groups excluding tert-OH is 1. The molecule has 6 heteroatoms. The summed E-state index contributed by atoms with van der Waals surface area (Å²) in [7, 11) is 0. The second-order valence-electron chi connectivity index (χ2n) is 4.08. The van der Waals surface area contributed by atoms with Crippen molar-refractivity contribution in [3.05, 3.63) is 41.6 Å². The molecule has 0 bridgehead atoms. The minimum atomic E-state index is -4.35. The molecule has 19 heavy (non-hydrogen) atoms. The smallest absolute Gasteiger partial charge is 0.396 e. The average molecular weight is 271 g/mol. The SMILES string of the molecule is OCCCc1cnoc1-c1ccc(C(F)(F)F)cc1. The molecule has 0 aliphatic rings. The average Bonchev–Trinajstić information content (AvgIpc) is 2.83. The van der Waals surface area contributed by atoms with Gasteiger partial charge in [-0.1, -0.05) is 17.3 Å². The maximum atomic E-state index is 12.4. The Hall–Kier alpha value is -1.82. The molecule has 1 aromatic carbocycles. The lowest BCUT2D eigenvalue weighted by molar-refractivity contribution is -0.137. The van der Waals surface area contributed by atoms with E-state index in [4.69, 9.17) is 9.63 Å². The van der Waals surface area contributed by atoms with Gasteiger partial charge in [0.05, 0.1) is 11.8 Å². The molecule has 2 rings (SSSR count). The fraction of sp³-hybridized carbons (Fsp3) is 0.308. The van der Waals surface area contributed by atoms with Crippen LogP contribution in [-0.2, 0) is 12.6 Å². The van der Waals surface area contributed by atoms with Crippen LogP contribution in [0.25, 0.3) is 11.3 Å². The van der Waals surface area contributed by atoms with Crippen LogP contribution < -0.4 is 0 Å². The topological polar surface area (TPSA) is 46.3 Å². The highest BCUT2D eigenvalue weighted by molar-refractivity contribution is 5.61. The molecule has 0 aliphatic carbocycles. The van der Waals surface area contributed by atoms with Crippen molar-refractivity contribution in [2.75, 3.05) is 6.61 Å². The van der Waals surface area contributed by atoms with Crippen LogP contribution in [0.3, 0.4) is 0 Å². The summed E-state index contributed by atoms with van der Waals surface area (Å²) in [4.78, 5) is 0. The largest absolute Gasteiger partial charge is 0.416 e. The van der Waals surface area contributed by atoms with Gasteiger partial charge in [0.2, 0.25) is 0 Å². The molecular weight excluding hydrogens is 259 g/mol. The summed E-state index contributed by atoms with van der Waals surface area (Å²) < 4.78 is 42.4. The van der Waals surface area contributed by atoms with Crippen molar-refractivity contribution in [2.24, 2.45) is 0 Å². The van der Waals surface area contributed by atoms with Crippen LogP contribution in [0.15, 0.2) is 35.0 Å². The first kappa shape index (κ1) is 13.6. The van der Waals surface area contributed by atoms with Crippen LogP contribution >= 0.6 is 0 Å². The Morgan fingerprint density at radius 3 is 2.42 bits per heavy atom. The first-order valence-corrected chi connectivity index (χ1v) is 5.74. The number of aromatic nitrogens is 1. The third kappa shape index (κ3) is 3.14. The molecule has 0 atom stereocenters. The van der Waals surface area contributed by atoms with Crippen molar-refractivity contribution in [3.63, 3.8) is 0 Å². The molecule has 0 unspecified atom stereocenters. The minimum absolute atomic E-state index is 0.0393. The van der Waals surface area contributed by atoms with Gasteiger partial charge in [-0.15, -0.1) is 0 Å². The van der Waals surface area contributed by atoms with E-state index in [1.54, 1.807) is 0 Å². The maximum absolute atomic E-state index is 12.4. The van der Waals surface area contributed by atoms with Gasteiger partial charge in [0.25, 0.3) is 0 Å². The van der Waals surface area contributed by atoms with E-state index in [9.17, 15) is 13.2 Å². The molecule has 3 nitrogen and oxygen atoms in total. The van der Waals surface area contributed by atoms with Gasteiger partial charge in [-0.05, 0) is 25.0 Å². The summed E-state index contributed by atoms with van der Waals surface area (Å²) in [5.74, 6) is 0.446. The molecule has 0 amide bonds. The van der Waals surface area contributed by atoms with Crippen molar-refractivity contribution >= 4 is 0 Å². The molecular formula is C13H12F3NO2. The van der Waals surface area contributed by atoms with Crippen molar-refractivity contribution in [1.82, 2.24) is 5.16 Å². The Balaban J connectivity index is 2.25. The van der Waals surface area contributed by atoms with Gasteiger partial charge in [-0.3, -0.25) is 0 Å². The summed E-state index contributed by atoms with van der Waals surface area (Å²) in [6, 6.07) is 4.72. The normalized spacial score (nSPS) is 11.8. The molecule has 0 fully saturated rings. The Morgan fingerprint density at radius 1 is 1.16 bits per heavy atom. The zero-order valence-corrected chi connectivity index (χ0v) is 9.94. The fourth-order valence-corrected chi connectivity index (χ4v) is 1.76. The lowest BCUT2D eigenvalue weighted by atomic mass is 10.0. The molecule has 0 saturated heterocycles. The van der Waals surface area contributed by atoms with E-state index in [-0.39, 0.29) is 6.61 Å². The lowest BCUT2D eigenvalue weighted by Gasteiger charge is -2.07. The van der Waals surface area contributed by atoms with E-state index >= 15 is 0 Å². The number of aryl methyl sites for hydroxylation is 1. The highest BCUT2D eigenvalue weighted by Crippen LogP contribution is 2.31. The highest BCUT2D eigenvalue weighted by atomic mass is 19.4. The van der Waals surface area contributed by atoms with Gasteiger partial charge < -0.3 is 9.63 Å². The van der Waals surface area contributed by atoms with Crippen LogP contribution in [0.5, 0.6) is 0 Å². The van der Waals surface area contributed by atoms with Crippen molar-refractivity contribution in [1.29, 1.82) is 0 Å². The van der Waals surface area contributed by atoms with Gasteiger partial charge in [0.1, 0.15) is 0 Å². The van der Waals surface area contributed by atoms with E-state index in [0.29, 0.717) is 24.2 Å². The predicted octanol–water partition coefficient (Wildman–Crippen LogP) is 3.29. The Morgan fingerprint density at radius 2 is 1.84 bits per heavy atom. The van der Waals surface area contributed by atoms with E-state index in [1.807, 2.05) is 0 Å². The third-order valence-corrected chi connectivity index (χ3v) is 2.72. The summed E-state index contributed by atoms with van der Waals surface area (Å²) in [5.41, 5.74) is 0.611. The molecule has 0 spiro atoms. The predicted molar refractivity (Wildman–Crippen MR) is 62.3 cm³/mol. The van der Waals surface area contributed by atoms with Crippen LogP contribution in [0.1, 0.15) is 17.5 Å². The van der Waals surface area contributed by atoms with E-state index in [2.05, 4.69) is 5.16 Å². The molecule has 1 aromatic heterocycles. The highest BCUT2D eigenvalue weighted by Gasteiger charge is 2.30. The lowest BCUT2D eigenvalue weighted by Crippen LogP contribution is -2.04. The number of nitrogens with zero attached hydrogens (tertiary/aromatic N) is 1. The molecule has 1 N–H and O–H groups in total. The monoisotopic (exact) mass is 271 g/mol. The van der Waals surface area contributed by atoms with Crippen LogP contribution in [0, 0.1) is 0 Å². The maximum Gasteiger partial charge on any atom is 0.416 e. The van der Waals surface area contributed by atoms with Gasteiger partial charge in [0.15, 0.2) is 5.76 Å². The molecule has 2 aromatic rings. The minimum Gasteiger partial charge on any atom is -0.396 e. The van der Waals surface area contributed by atoms with Crippen LogP contribution in [0.4, 0.5) is 13.2 Å². The third-order valence-electron chi connectivity index (χ3n) is 2.72. The van der Waals surface area contributed by atoms with Crippen molar-refractivity contribution in [3.8, 4) is 11.3 Å². The second kappa shape index (κ2) is 5.44. The molecule has 102 valence electrons. The Bertz CT molecular complexity index is 532. The quantitative estimate of drug-likeness (QED) is 0.928. The first-order chi connectivity index (χ1) is 9.02. The summed E-state index contributed by atoms with van der Waals surface area (Å²) in [6.45, 7) is 0.0393. The first-order valence-electron chi connectivity index (χ1n) is 5.74. The number of alkyl halides is 3. The summed E-state index contributed by atoms with van der Waals surface area (Å²) in [6.07, 6.45) is -1.71. The number of aliphatic hydroxyl groups is 1. The van der Waals surface area contributed by atoms with Crippen molar-refractivity contribution in [2.45, 2.75) is 19.0 Å². The summed E-state index contributed by atoms with van der Waals surface area (Å²) >= 11 is 0. The number of benzene rings is 1. The van der Waals surface area contributed by atoms with Crippen molar-refractivity contribution < 1.29 is 22.8 Å². The Labute approximate surface area is 107 Å². The van der Waals surface area contributed by atoms with Gasteiger partial charge >= 0.3 is 6.18 Å². The van der Waals surface area contributed by atoms with Crippen LogP contribution in [0.2, 0.25) is 0 Å². The zero-order chi connectivity index (χ0) is 13.9. The molecule has 0 aliphatic heterocycles. The van der Waals surface area contributed by atoms with E-state index in [1.165, 1.54) is 18.3 Å². The molecule has 0 saturated carbocycles. The Kier molecular flexibility index (Phi) is 3.90. The fourth-order valence-electron chi connectivity index (χ4n) is 1.76. The zero-order valence-electron chi connectivity index (χ0n) is 9.94.